The molecule has 0 saturated carbocycles. The number of nitrogens with zero attached hydrogens (tertiary/aromatic N) is 3. The molecule has 1 amide bonds. The van der Waals surface area contributed by atoms with Crippen molar-refractivity contribution in [1.29, 1.82) is 0 Å². The van der Waals surface area contributed by atoms with Crippen LogP contribution in [0.5, 0.6) is 0 Å². The molecule has 0 fully saturated rings. The maximum atomic E-state index is 13.4. The second-order valence-electron chi connectivity index (χ2n) is 5.43. The van der Waals surface area contributed by atoms with E-state index in [1.807, 2.05) is 0 Å². The number of nitrogens with one attached hydrogen (secondary N) is 1. The first-order valence-corrected chi connectivity index (χ1v) is 7.98. The molecule has 0 aliphatic rings. The normalized spacial score (nSPS) is 13.0. The minimum Gasteiger partial charge on any atom is -0.382 e. The molecule has 2 aromatic rings. The van der Waals surface area contributed by atoms with Gasteiger partial charge in [-0.1, -0.05) is 30.9 Å². The third kappa shape index (κ3) is 5.37. The van der Waals surface area contributed by atoms with Crippen LogP contribution in [-0.2, 0) is 11.0 Å². The SMILES string of the molecule is C=C/C=C(\C=C/C)C(=O)Nc1nonc1C(N)=Nc1ccc(F)c(C(F)(F)F)c1. The van der Waals surface area contributed by atoms with Crippen LogP contribution in [-0.4, -0.2) is 22.1 Å². The Morgan fingerprint density at radius 2 is 2.07 bits per heavy atom. The van der Waals surface area contributed by atoms with Gasteiger partial charge in [0.25, 0.3) is 5.91 Å². The maximum Gasteiger partial charge on any atom is 0.419 e. The van der Waals surface area contributed by atoms with Crippen LogP contribution < -0.4 is 11.1 Å². The van der Waals surface area contributed by atoms with Crippen LogP contribution in [0.1, 0.15) is 18.2 Å². The fourth-order valence-electron chi connectivity index (χ4n) is 2.12. The first kappa shape index (κ1) is 21.5. The molecule has 1 aromatic carbocycles. The quantitative estimate of drug-likeness (QED) is 0.248. The molecule has 2 rings (SSSR count). The number of rotatable bonds is 6. The molecule has 152 valence electrons. The van der Waals surface area contributed by atoms with Crippen molar-refractivity contribution in [2.24, 2.45) is 10.7 Å². The minimum absolute atomic E-state index is 0.200. The van der Waals surface area contributed by atoms with E-state index >= 15 is 0 Å². The van der Waals surface area contributed by atoms with E-state index in [2.05, 4.69) is 31.8 Å². The summed E-state index contributed by atoms with van der Waals surface area (Å²) in [7, 11) is 0. The van der Waals surface area contributed by atoms with E-state index in [0.717, 1.165) is 6.07 Å². The van der Waals surface area contributed by atoms with Crippen molar-refractivity contribution >= 4 is 23.2 Å². The molecule has 0 unspecified atom stereocenters. The average molecular weight is 409 g/mol. The average Bonchev–Trinajstić information content (AvgIpc) is 3.10. The Labute approximate surface area is 162 Å². The number of hydrogen-bond acceptors (Lipinski definition) is 5. The number of nitrogens with two attached hydrogens (primary N) is 1. The molecule has 0 aliphatic heterocycles. The Balaban J connectivity index is 2.34. The predicted molar refractivity (Wildman–Crippen MR) is 97.8 cm³/mol. The van der Waals surface area contributed by atoms with Gasteiger partial charge in [0.05, 0.1) is 11.3 Å². The summed E-state index contributed by atoms with van der Waals surface area (Å²) in [5.74, 6) is -2.64. The summed E-state index contributed by atoms with van der Waals surface area (Å²) in [5.41, 5.74) is 4.00. The van der Waals surface area contributed by atoms with Crippen molar-refractivity contribution in [3.05, 3.63) is 71.7 Å². The van der Waals surface area contributed by atoms with E-state index in [1.54, 1.807) is 13.0 Å². The van der Waals surface area contributed by atoms with Crippen LogP contribution in [0, 0.1) is 5.82 Å². The van der Waals surface area contributed by atoms with Crippen LogP contribution in [0.15, 0.2) is 64.3 Å². The molecule has 1 heterocycles. The van der Waals surface area contributed by atoms with Crippen LogP contribution in [0.25, 0.3) is 0 Å². The van der Waals surface area contributed by atoms with E-state index in [0.29, 0.717) is 12.1 Å². The molecule has 0 atom stereocenters. The van der Waals surface area contributed by atoms with Gasteiger partial charge in [0, 0.05) is 5.57 Å². The number of carbonyl (C=O) groups excluding carboxylic acids is 1. The third-order valence-electron chi connectivity index (χ3n) is 3.37. The van der Waals surface area contributed by atoms with Crippen molar-refractivity contribution in [2.75, 3.05) is 5.32 Å². The lowest BCUT2D eigenvalue weighted by atomic mass is 10.2. The molecule has 29 heavy (non-hydrogen) atoms. The van der Waals surface area contributed by atoms with Gasteiger partial charge in [0.1, 0.15) is 5.82 Å². The fraction of sp³-hybridized carbons (Fsp3) is 0.111. The van der Waals surface area contributed by atoms with Crippen molar-refractivity contribution in [2.45, 2.75) is 13.1 Å². The third-order valence-corrected chi connectivity index (χ3v) is 3.37. The number of benzene rings is 1. The monoisotopic (exact) mass is 409 g/mol. The highest BCUT2D eigenvalue weighted by molar-refractivity contribution is 6.09. The van der Waals surface area contributed by atoms with Gasteiger partial charge >= 0.3 is 6.18 Å². The molecule has 7 nitrogen and oxygen atoms in total. The van der Waals surface area contributed by atoms with E-state index < -0.39 is 29.3 Å². The van der Waals surface area contributed by atoms with Crippen LogP contribution in [0.3, 0.4) is 0 Å². The Morgan fingerprint density at radius 3 is 2.69 bits per heavy atom. The molecule has 11 heteroatoms. The number of aromatic nitrogens is 2. The number of alkyl halides is 3. The molecule has 3 N–H and O–H groups in total. The van der Waals surface area contributed by atoms with Gasteiger partial charge in [-0.15, -0.1) is 0 Å². The molecule has 0 radical (unpaired) electrons. The van der Waals surface area contributed by atoms with Gasteiger partial charge in [-0.2, -0.15) is 13.2 Å². The standard InChI is InChI=1S/C18H15F4N5O2/c1-3-5-10(6-4-2)17(28)25-16-14(26-29-27-16)15(23)24-11-7-8-13(19)12(9-11)18(20,21)22/h3-9H,1H2,2H3,(H2,23,24)(H,25,27,28)/b6-4-,10-5+. The second kappa shape index (κ2) is 8.95. The highest BCUT2D eigenvalue weighted by Gasteiger charge is 2.34. The first-order chi connectivity index (χ1) is 13.7. The first-order valence-electron chi connectivity index (χ1n) is 7.98. The summed E-state index contributed by atoms with van der Waals surface area (Å²) in [6.07, 6.45) is 1.08. The lowest BCUT2D eigenvalue weighted by Crippen LogP contribution is -2.20. The summed E-state index contributed by atoms with van der Waals surface area (Å²) < 4.78 is 56.4. The summed E-state index contributed by atoms with van der Waals surface area (Å²) in [6.45, 7) is 5.21. The highest BCUT2D eigenvalue weighted by atomic mass is 19.4. The Kier molecular flexibility index (Phi) is 6.65. The molecular formula is C18H15F4N5O2. The van der Waals surface area contributed by atoms with E-state index in [-0.39, 0.29) is 22.8 Å². The zero-order chi connectivity index (χ0) is 21.6. The summed E-state index contributed by atoms with van der Waals surface area (Å²) >= 11 is 0. The number of halogens is 4. The van der Waals surface area contributed by atoms with Gasteiger partial charge in [-0.25, -0.2) is 14.0 Å². The van der Waals surface area contributed by atoms with Gasteiger partial charge < -0.3 is 11.1 Å². The number of aliphatic imine (C=N–C) groups is 1. The summed E-state index contributed by atoms with van der Waals surface area (Å²) in [6, 6.07) is 2.10. The topological polar surface area (TPSA) is 106 Å². The lowest BCUT2D eigenvalue weighted by molar-refractivity contribution is -0.139. The van der Waals surface area contributed by atoms with E-state index in [4.69, 9.17) is 5.73 Å². The van der Waals surface area contributed by atoms with Crippen molar-refractivity contribution in [3.63, 3.8) is 0 Å². The fourth-order valence-corrected chi connectivity index (χ4v) is 2.12. The highest BCUT2D eigenvalue weighted by Crippen LogP contribution is 2.33. The van der Waals surface area contributed by atoms with Crippen LogP contribution in [0.2, 0.25) is 0 Å². The summed E-state index contributed by atoms with van der Waals surface area (Å²) in [5, 5.41) is 9.39. The number of allylic oxidation sites excluding steroid dienone is 3. The van der Waals surface area contributed by atoms with Gasteiger partial charge in [-0.05, 0) is 35.4 Å². The van der Waals surface area contributed by atoms with Crippen molar-refractivity contribution < 1.29 is 27.0 Å². The number of carbonyl (C=O) groups is 1. The molecule has 1 aromatic heterocycles. The zero-order valence-corrected chi connectivity index (χ0v) is 15.0. The Bertz CT molecular complexity index is 1010. The molecular weight excluding hydrogens is 394 g/mol. The second-order valence-corrected chi connectivity index (χ2v) is 5.43. The molecule has 0 aliphatic carbocycles. The number of amides is 1. The van der Waals surface area contributed by atoms with Gasteiger partial charge in [-0.3, -0.25) is 4.79 Å². The smallest absolute Gasteiger partial charge is 0.382 e. The zero-order valence-electron chi connectivity index (χ0n) is 15.0. The predicted octanol–water partition coefficient (Wildman–Crippen LogP) is 3.89. The van der Waals surface area contributed by atoms with E-state index in [9.17, 15) is 22.4 Å². The maximum absolute atomic E-state index is 13.4. The van der Waals surface area contributed by atoms with Crippen molar-refractivity contribution in [1.82, 2.24) is 10.3 Å². The number of hydrogen-bond donors (Lipinski definition) is 2. The molecule has 0 saturated heterocycles. The molecule has 0 spiro atoms. The molecule has 0 bridgehead atoms. The van der Waals surface area contributed by atoms with Crippen LogP contribution in [0.4, 0.5) is 29.1 Å². The Hall–Kier alpha value is -3.76. The van der Waals surface area contributed by atoms with Gasteiger partial charge in [0.15, 0.2) is 11.5 Å². The summed E-state index contributed by atoms with van der Waals surface area (Å²) in [4.78, 5) is 16.1. The minimum atomic E-state index is -4.90. The van der Waals surface area contributed by atoms with E-state index in [1.165, 1.54) is 18.2 Å². The lowest BCUT2D eigenvalue weighted by Gasteiger charge is -2.08. The number of amidine groups is 1. The Morgan fingerprint density at radius 1 is 1.34 bits per heavy atom. The largest absolute Gasteiger partial charge is 0.419 e. The number of anilines is 1. The van der Waals surface area contributed by atoms with Crippen LogP contribution >= 0.6 is 0 Å². The van der Waals surface area contributed by atoms with Crippen molar-refractivity contribution in [3.8, 4) is 0 Å². The van der Waals surface area contributed by atoms with Gasteiger partial charge in [0.2, 0.25) is 5.82 Å².